The van der Waals surface area contributed by atoms with E-state index >= 15 is 0 Å². The highest BCUT2D eigenvalue weighted by Gasteiger charge is 2.26. The molecule has 152 valence electrons. The molecule has 0 unspecified atom stereocenters. The van der Waals surface area contributed by atoms with Crippen molar-refractivity contribution in [3.63, 3.8) is 0 Å². The van der Waals surface area contributed by atoms with Crippen LogP contribution in [0, 0.1) is 11.8 Å². The van der Waals surface area contributed by atoms with Gasteiger partial charge in [0.1, 0.15) is 11.4 Å². The van der Waals surface area contributed by atoms with E-state index in [2.05, 4.69) is 23.8 Å². The maximum Gasteiger partial charge on any atom is 0.274 e. The zero-order valence-corrected chi connectivity index (χ0v) is 17.2. The number of aryl methyl sites for hydroxylation is 2. The van der Waals surface area contributed by atoms with Crippen LogP contribution in [-0.4, -0.2) is 66.9 Å². The number of aromatic nitrogens is 4. The van der Waals surface area contributed by atoms with Crippen molar-refractivity contribution in [1.29, 1.82) is 0 Å². The molecule has 2 amide bonds. The van der Waals surface area contributed by atoms with Gasteiger partial charge in [0.2, 0.25) is 0 Å². The molecule has 0 spiro atoms. The van der Waals surface area contributed by atoms with Gasteiger partial charge in [0.05, 0.1) is 12.7 Å². The number of rotatable bonds is 2. The van der Waals surface area contributed by atoms with Crippen molar-refractivity contribution in [3.05, 3.63) is 36.4 Å². The van der Waals surface area contributed by atoms with Crippen LogP contribution in [0.25, 0.3) is 0 Å². The quantitative estimate of drug-likeness (QED) is 0.789. The summed E-state index contributed by atoms with van der Waals surface area (Å²) in [4.78, 5) is 35.6. The van der Waals surface area contributed by atoms with Crippen molar-refractivity contribution in [3.8, 4) is 0 Å². The monoisotopic (exact) mass is 386 g/mol. The molecule has 0 aliphatic carbocycles. The van der Waals surface area contributed by atoms with Gasteiger partial charge in [0.25, 0.3) is 11.8 Å². The molecule has 8 nitrogen and oxygen atoms in total. The van der Waals surface area contributed by atoms with Crippen molar-refractivity contribution in [2.24, 2.45) is 25.9 Å². The first-order valence-electron chi connectivity index (χ1n) is 9.88. The van der Waals surface area contributed by atoms with Crippen LogP contribution < -0.4 is 0 Å². The third-order valence-electron chi connectivity index (χ3n) is 5.27. The molecule has 4 heterocycles. The fraction of sp³-hybridized carbons (Fsp3) is 0.600. The SMILES string of the molecule is C[C@@H]1CCN(C(=O)c2cn(C)cn2)C1.C[C@H]1CCN(C(=O)c2cn(C)cn2)C1. The average Bonchev–Trinajstić information content (AvgIpc) is 3.43. The fourth-order valence-electron chi connectivity index (χ4n) is 3.61. The molecular weight excluding hydrogens is 356 g/mol. The van der Waals surface area contributed by atoms with E-state index in [9.17, 15) is 9.59 Å². The normalized spacial score (nSPS) is 21.6. The topological polar surface area (TPSA) is 76.3 Å². The lowest BCUT2D eigenvalue weighted by Gasteiger charge is -2.13. The number of hydrogen-bond acceptors (Lipinski definition) is 4. The van der Waals surface area contributed by atoms with Crippen molar-refractivity contribution in [1.82, 2.24) is 28.9 Å². The van der Waals surface area contributed by atoms with Gasteiger partial charge in [-0.25, -0.2) is 9.97 Å². The summed E-state index contributed by atoms with van der Waals surface area (Å²) in [7, 11) is 3.74. The summed E-state index contributed by atoms with van der Waals surface area (Å²) in [5, 5.41) is 0. The summed E-state index contributed by atoms with van der Waals surface area (Å²) >= 11 is 0. The summed E-state index contributed by atoms with van der Waals surface area (Å²) in [5.74, 6) is 1.38. The summed E-state index contributed by atoms with van der Waals surface area (Å²) in [6.45, 7) is 7.83. The molecule has 2 saturated heterocycles. The number of imidazole rings is 2. The Morgan fingerprint density at radius 2 is 1.21 bits per heavy atom. The molecular formula is C20H30N6O2. The highest BCUT2D eigenvalue weighted by atomic mass is 16.2. The summed E-state index contributed by atoms with van der Waals surface area (Å²) in [5.41, 5.74) is 1.11. The van der Waals surface area contributed by atoms with Gasteiger partial charge in [-0.15, -0.1) is 0 Å². The molecule has 0 radical (unpaired) electrons. The number of carbonyl (C=O) groups excluding carboxylic acids is 2. The van der Waals surface area contributed by atoms with Crippen molar-refractivity contribution < 1.29 is 9.59 Å². The van der Waals surface area contributed by atoms with E-state index in [0.29, 0.717) is 23.2 Å². The zero-order chi connectivity index (χ0) is 20.3. The molecule has 28 heavy (non-hydrogen) atoms. The van der Waals surface area contributed by atoms with Crippen LogP contribution in [0.4, 0.5) is 0 Å². The molecule has 0 N–H and O–H groups in total. The van der Waals surface area contributed by atoms with Crippen LogP contribution in [0.3, 0.4) is 0 Å². The van der Waals surface area contributed by atoms with E-state index in [-0.39, 0.29) is 11.8 Å². The third kappa shape index (κ3) is 4.79. The Morgan fingerprint density at radius 3 is 1.46 bits per heavy atom. The molecule has 2 aliphatic heterocycles. The Kier molecular flexibility index (Phi) is 6.16. The zero-order valence-electron chi connectivity index (χ0n) is 17.2. The smallest absolute Gasteiger partial charge is 0.274 e. The minimum Gasteiger partial charge on any atom is -0.340 e. The van der Waals surface area contributed by atoms with Crippen molar-refractivity contribution in [2.75, 3.05) is 26.2 Å². The number of amides is 2. The number of hydrogen-bond donors (Lipinski definition) is 0. The second kappa shape index (κ2) is 8.58. The first-order valence-corrected chi connectivity index (χ1v) is 9.88. The highest BCUT2D eigenvalue weighted by molar-refractivity contribution is 5.92. The van der Waals surface area contributed by atoms with E-state index in [0.717, 1.165) is 39.0 Å². The van der Waals surface area contributed by atoms with Crippen LogP contribution in [0.1, 0.15) is 47.7 Å². The van der Waals surface area contributed by atoms with Crippen LogP contribution >= 0.6 is 0 Å². The predicted octanol–water partition coefficient (Wildman–Crippen LogP) is 1.80. The summed E-state index contributed by atoms with van der Waals surface area (Å²) in [6.07, 6.45) is 9.08. The molecule has 0 bridgehead atoms. The molecule has 2 fully saturated rings. The summed E-state index contributed by atoms with van der Waals surface area (Å²) in [6, 6.07) is 0. The Labute approximate surface area is 166 Å². The van der Waals surface area contributed by atoms with Gasteiger partial charge in [0.15, 0.2) is 0 Å². The molecule has 2 aromatic rings. The van der Waals surface area contributed by atoms with E-state index in [4.69, 9.17) is 0 Å². The van der Waals surface area contributed by atoms with Crippen LogP contribution in [-0.2, 0) is 14.1 Å². The largest absolute Gasteiger partial charge is 0.340 e. The third-order valence-corrected chi connectivity index (χ3v) is 5.27. The summed E-state index contributed by atoms with van der Waals surface area (Å²) < 4.78 is 3.60. The van der Waals surface area contributed by atoms with E-state index < -0.39 is 0 Å². The lowest BCUT2D eigenvalue weighted by molar-refractivity contribution is 0.0775. The Morgan fingerprint density at radius 1 is 0.821 bits per heavy atom. The first-order chi connectivity index (χ1) is 13.3. The minimum absolute atomic E-state index is 0.0648. The Balaban J connectivity index is 0.000000161. The van der Waals surface area contributed by atoms with Gasteiger partial charge in [-0.1, -0.05) is 13.8 Å². The standard InChI is InChI=1S/2C10H15N3O/c2*1-8-3-4-13(5-8)10(14)9-6-12(2)7-11-9/h2*6-8H,3-5H2,1-2H3/t2*8-/m10/s1. The molecule has 2 aromatic heterocycles. The lowest BCUT2D eigenvalue weighted by Crippen LogP contribution is -2.28. The fourth-order valence-corrected chi connectivity index (χ4v) is 3.61. The van der Waals surface area contributed by atoms with Crippen LogP contribution in [0.2, 0.25) is 0 Å². The molecule has 0 aromatic carbocycles. The number of carbonyl (C=O) groups is 2. The van der Waals surface area contributed by atoms with E-state index in [1.165, 1.54) is 0 Å². The van der Waals surface area contributed by atoms with Gasteiger partial charge < -0.3 is 18.9 Å². The lowest BCUT2D eigenvalue weighted by atomic mass is 10.2. The van der Waals surface area contributed by atoms with Gasteiger partial charge >= 0.3 is 0 Å². The van der Waals surface area contributed by atoms with Gasteiger partial charge in [-0.3, -0.25) is 9.59 Å². The van der Waals surface area contributed by atoms with Crippen LogP contribution in [0.5, 0.6) is 0 Å². The van der Waals surface area contributed by atoms with E-state index in [1.807, 2.05) is 23.9 Å². The van der Waals surface area contributed by atoms with Crippen molar-refractivity contribution >= 4 is 11.8 Å². The maximum atomic E-state index is 11.9. The molecule has 4 rings (SSSR count). The second-order valence-electron chi connectivity index (χ2n) is 8.14. The molecule has 2 aliphatic rings. The minimum atomic E-state index is 0.0648. The first kappa shape index (κ1) is 20.1. The Hall–Kier alpha value is -2.64. The molecule has 0 saturated carbocycles. The Bertz CT molecular complexity index is 758. The molecule has 2 atom stereocenters. The van der Waals surface area contributed by atoms with Gasteiger partial charge in [-0.05, 0) is 24.7 Å². The van der Waals surface area contributed by atoms with Crippen LogP contribution in [0.15, 0.2) is 25.0 Å². The van der Waals surface area contributed by atoms with Gasteiger partial charge in [-0.2, -0.15) is 0 Å². The van der Waals surface area contributed by atoms with E-state index in [1.54, 1.807) is 34.2 Å². The maximum absolute atomic E-state index is 11.9. The average molecular weight is 387 g/mol. The predicted molar refractivity (Wildman–Crippen MR) is 106 cm³/mol. The van der Waals surface area contributed by atoms with Gasteiger partial charge in [0, 0.05) is 52.7 Å². The molecule has 8 heteroatoms. The number of likely N-dealkylation sites (tertiary alicyclic amines) is 2. The number of nitrogens with zero attached hydrogens (tertiary/aromatic N) is 6. The van der Waals surface area contributed by atoms with Crippen molar-refractivity contribution in [2.45, 2.75) is 26.7 Å². The second-order valence-corrected chi connectivity index (χ2v) is 8.14. The highest BCUT2D eigenvalue weighted by Crippen LogP contribution is 2.17.